The Labute approximate surface area is 132 Å². The summed E-state index contributed by atoms with van der Waals surface area (Å²) in [5.74, 6) is 1.06. The first-order chi connectivity index (χ1) is 9.95. The summed E-state index contributed by atoms with van der Waals surface area (Å²) < 4.78 is 0. The van der Waals surface area contributed by atoms with Crippen molar-refractivity contribution >= 4 is 11.8 Å². The zero-order chi connectivity index (χ0) is 15.2. The largest absolute Gasteiger partial charge is 0.508 e. The van der Waals surface area contributed by atoms with E-state index >= 15 is 0 Å². The molecule has 1 aliphatic heterocycles. The topological polar surface area (TPSA) is 23.5 Å². The maximum Gasteiger partial charge on any atom is 0.115 e. The van der Waals surface area contributed by atoms with Crippen molar-refractivity contribution in [2.24, 2.45) is 5.92 Å². The number of thioether (sulfide) groups is 1. The molecule has 1 aromatic rings. The molecule has 1 fully saturated rings. The third-order valence-corrected chi connectivity index (χ3v) is 6.96. The molecule has 0 radical (unpaired) electrons. The van der Waals surface area contributed by atoms with Gasteiger partial charge in [0.25, 0.3) is 0 Å². The van der Waals surface area contributed by atoms with Crippen molar-refractivity contribution < 1.29 is 5.11 Å². The van der Waals surface area contributed by atoms with Crippen molar-refractivity contribution in [2.45, 2.75) is 50.3 Å². The van der Waals surface area contributed by atoms with Crippen LogP contribution in [0.5, 0.6) is 5.75 Å². The van der Waals surface area contributed by atoms with Gasteiger partial charge < -0.3 is 5.11 Å². The number of phenols is 1. The average Bonchev–Trinajstić information content (AvgIpc) is 2.46. The van der Waals surface area contributed by atoms with Crippen LogP contribution in [-0.4, -0.2) is 40.6 Å². The number of phenolic OH excluding ortho intramolecular Hbond substituents is 1. The third kappa shape index (κ3) is 2.49. The fraction of sp³-hybridized carbons (Fsp3) is 0.667. The van der Waals surface area contributed by atoms with Gasteiger partial charge in [0.1, 0.15) is 5.75 Å². The number of hydrogen-bond donors (Lipinski definition) is 1. The number of benzene rings is 1. The molecule has 2 aliphatic rings. The van der Waals surface area contributed by atoms with Crippen LogP contribution in [0.1, 0.15) is 38.3 Å². The summed E-state index contributed by atoms with van der Waals surface area (Å²) in [5.41, 5.74) is 3.06. The molecular formula is C18H27NOS. The molecule has 0 unspecified atom stereocenters. The van der Waals surface area contributed by atoms with Crippen LogP contribution in [0.4, 0.5) is 0 Å². The molecule has 116 valence electrons. The van der Waals surface area contributed by atoms with E-state index in [9.17, 15) is 5.11 Å². The van der Waals surface area contributed by atoms with E-state index in [2.05, 4.69) is 38.0 Å². The van der Waals surface area contributed by atoms with Gasteiger partial charge in [-0.15, -0.1) is 0 Å². The molecule has 21 heavy (non-hydrogen) atoms. The van der Waals surface area contributed by atoms with Gasteiger partial charge in [0.2, 0.25) is 0 Å². The van der Waals surface area contributed by atoms with Crippen LogP contribution in [-0.2, 0) is 11.8 Å². The van der Waals surface area contributed by atoms with E-state index in [4.69, 9.17) is 0 Å². The molecule has 0 amide bonds. The SMILES string of the molecule is CS[C@@H](C)CN1CC[C@]2(C)c3cc(O)ccc3C[C@@H]1[C@H]2C. The molecule has 3 rings (SSSR count). The van der Waals surface area contributed by atoms with Gasteiger partial charge in [-0.1, -0.05) is 26.8 Å². The second kappa shape index (κ2) is 5.51. The summed E-state index contributed by atoms with van der Waals surface area (Å²) in [4.78, 5) is 2.71. The maximum absolute atomic E-state index is 9.88. The van der Waals surface area contributed by atoms with Gasteiger partial charge >= 0.3 is 0 Å². The Morgan fingerprint density at radius 1 is 1.48 bits per heavy atom. The number of piperidine rings is 1. The second-order valence-electron chi connectivity index (χ2n) is 7.11. The highest BCUT2D eigenvalue weighted by Gasteiger charge is 2.48. The smallest absolute Gasteiger partial charge is 0.115 e. The lowest BCUT2D eigenvalue weighted by molar-refractivity contribution is 0.0325. The van der Waals surface area contributed by atoms with E-state index in [1.165, 1.54) is 30.6 Å². The summed E-state index contributed by atoms with van der Waals surface area (Å²) in [5, 5.41) is 10.6. The standard InChI is InChI=1S/C18H27NOS/c1-12(21-4)11-19-8-7-18(3)13(2)17(19)9-14-5-6-15(20)10-16(14)18/h5-6,10,12-13,17,20H,7-9,11H2,1-4H3/t12-,13+,17+,18-/m0/s1. The summed E-state index contributed by atoms with van der Waals surface area (Å²) in [6, 6.07) is 6.66. The Kier molecular flexibility index (Phi) is 4.00. The summed E-state index contributed by atoms with van der Waals surface area (Å²) in [7, 11) is 0. The maximum atomic E-state index is 9.88. The van der Waals surface area contributed by atoms with Gasteiger partial charge in [0, 0.05) is 17.8 Å². The minimum absolute atomic E-state index is 0.218. The second-order valence-corrected chi connectivity index (χ2v) is 8.39. The van der Waals surface area contributed by atoms with Crippen molar-refractivity contribution in [3.63, 3.8) is 0 Å². The number of rotatable bonds is 3. The van der Waals surface area contributed by atoms with Crippen molar-refractivity contribution in [1.29, 1.82) is 0 Å². The van der Waals surface area contributed by atoms with Crippen molar-refractivity contribution in [3.05, 3.63) is 29.3 Å². The minimum Gasteiger partial charge on any atom is -0.508 e. The minimum atomic E-state index is 0.218. The number of likely N-dealkylation sites (tertiary alicyclic amines) is 1. The highest BCUT2D eigenvalue weighted by atomic mass is 32.2. The van der Waals surface area contributed by atoms with Gasteiger partial charge in [-0.05, 0) is 60.2 Å². The summed E-state index contributed by atoms with van der Waals surface area (Å²) in [6.07, 6.45) is 4.54. The number of fused-ring (bicyclic) bond motifs is 4. The van der Waals surface area contributed by atoms with Crippen LogP contribution >= 0.6 is 11.8 Å². The molecule has 0 aromatic heterocycles. The Balaban J connectivity index is 1.94. The molecule has 1 saturated heterocycles. The summed E-state index contributed by atoms with van der Waals surface area (Å²) >= 11 is 1.96. The van der Waals surface area contributed by atoms with E-state index in [0.717, 1.165) is 6.42 Å². The lowest BCUT2D eigenvalue weighted by Crippen LogP contribution is -2.58. The average molecular weight is 305 g/mol. The molecule has 0 spiro atoms. The quantitative estimate of drug-likeness (QED) is 0.922. The molecule has 1 aromatic carbocycles. The Morgan fingerprint density at radius 2 is 2.24 bits per heavy atom. The van der Waals surface area contributed by atoms with Crippen LogP contribution in [0.2, 0.25) is 0 Å². The molecule has 0 saturated carbocycles. The molecule has 1 N–H and O–H groups in total. The van der Waals surface area contributed by atoms with E-state index in [0.29, 0.717) is 23.0 Å². The Hall–Kier alpha value is -0.670. The van der Waals surface area contributed by atoms with E-state index in [1.807, 2.05) is 23.9 Å². The van der Waals surface area contributed by atoms with Crippen LogP contribution in [0.3, 0.4) is 0 Å². The van der Waals surface area contributed by atoms with Gasteiger partial charge in [0.15, 0.2) is 0 Å². The molecule has 3 heteroatoms. The van der Waals surface area contributed by atoms with Crippen LogP contribution < -0.4 is 0 Å². The fourth-order valence-corrected chi connectivity index (χ4v) is 4.67. The predicted octanol–water partition coefficient (Wildman–Crippen LogP) is 3.67. The number of aromatic hydroxyl groups is 1. The molecule has 2 nitrogen and oxygen atoms in total. The lowest BCUT2D eigenvalue weighted by Gasteiger charge is -2.55. The predicted molar refractivity (Wildman–Crippen MR) is 91.3 cm³/mol. The molecule has 1 heterocycles. The van der Waals surface area contributed by atoms with E-state index in [1.54, 1.807) is 0 Å². The van der Waals surface area contributed by atoms with Gasteiger partial charge in [-0.2, -0.15) is 11.8 Å². The molecule has 1 aliphatic carbocycles. The molecule has 2 bridgehead atoms. The first-order valence-corrected chi connectivity index (χ1v) is 9.33. The van der Waals surface area contributed by atoms with E-state index < -0.39 is 0 Å². The molecular weight excluding hydrogens is 278 g/mol. The van der Waals surface area contributed by atoms with Crippen molar-refractivity contribution in [1.82, 2.24) is 4.90 Å². The Morgan fingerprint density at radius 3 is 2.95 bits per heavy atom. The van der Waals surface area contributed by atoms with Gasteiger partial charge in [0.05, 0.1) is 0 Å². The highest BCUT2D eigenvalue weighted by Crippen LogP contribution is 2.49. The summed E-state index contributed by atoms with van der Waals surface area (Å²) in [6.45, 7) is 9.52. The lowest BCUT2D eigenvalue weighted by atomic mass is 9.59. The fourth-order valence-electron chi connectivity index (χ4n) is 4.33. The Bertz CT molecular complexity index is 532. The first kappa shape index (κ1) is 15.2. The van der Waals surface area contributed by atoms with Gasteiger partial charge in [-0.25, -0.2) is 0 Å². The van der Waals surface area contributed by atoms with E-state index in [-0.39, 0.29) is 5.41 Å². The normalized spacial score (nSPS) is 33.5. The number of hydrogen-bond acceptors (Lipinski definition) is 3. The zero-order valence-electron chi connectivity index (χ0n) is 13.6. The molecule has 4 atom stereocenters. The van der Waals surface area contributed by atoms with Crippen LogP contribution in [0.15, 0.2) is 18.2 Å². The highest BCUT2D eigenvalue weighted by molar-refractivity contribution is 7.99. The van der Waals surface area contributed by atoms with Crippen LogP contribution in [0, 0.1) is 5.92 Å². The van der Waals surface area contributed by atoms with Crippen molar-refractivity contribution in [2.75, 3.05) is 19.3 Å². The third-order valence-electron chi connectivity index (χ3n) is 6.00. The van der Waals surface area contributed by atoms with Gasteiger partial charge in [-0.3, -0.25) is 4.90 Å². The monoisotopic (exact) mass is 305 g/mol. The zero-order valence-corrected chi connectivity index (χ0v) is 14.4. The first-order valence-electron chi connectivity index (χ1n) is 8.05. The van der Waals surface area contributed by atoms with Crippen molar-refractivity contribution in [3.8, 4) is 5.75 Å². The van der Waals surface area contributed by atoms with Crippen LogP contribution in [0.25, 0.3) is 0 Å². The number of nitrogens with zero attached hydrogens (tertiary/aromatic N) is 1.